The summed E-state index contributed by atoms with van der Waals surface area (Å²) in [5.74, 6) is -6.88. The van der Waals surface area contributed by atoms with Crippen LogP contribution in [0.2, 0.25) is 0 Å². The lowest BCUT2D eigenvalue weighted by Crippen LogP contribution is -2.34. The van der Waals surface area contributed by atoms with E-state index in [1.807, 2.05) is 13.0 Å². The van der Waals surface area contributed by atoms with Crippen LogP contribution in [-0.2, 0) is 11.2 Å². The molecule has 0 aromatic heterocycles. The van der Waals surface area contributed by atoms with Crippen molar-refractivity contribution < 1.29 is 18.7 Å². The van der Waals surface area contributed by atoms with Crippen molar-refractivity contribution in [1.82, 2.24) is 0 Å². The van der Waals surface area contributed by atoms with Gasteiger partial charge in [0.2, 0.25) is 0 Å². The van der Waals surface area contributed by atoms with E-state index >= 15 is 0 Å². The lowest BCUT2D eigenvalue weighted by molar-refractivity contribution is -0.168. The Balaban J connectivity index is 2.45. The molecule has 0 saturated carbocycles. The molecule has 0 fully saturated rings. The number of carboxylic acids is 1. The van der Waals surface area contributed by atoms with Crippen molar-refractivity contribution in [3.63, 3.8) is 0 Å². The Labute approximate surface area is 91.9 Å². The zero-order chi connectivity index (χ0) is 11.9. The van der Waals surface area contributed by atoms with Gasteiger partial charge in [-0.05, 0) is 36.5 Å². The summed E-state index contributed by atoms with van der Waals surface area (Å²) in [4.78, 5) is 10.6. The summed E-state index contributed by atoms with van der Waals surface area (Å²) in [6.45, 7) is 1.86. The van der Waals surface area contributed by atoms with Gasteiger partial charge in [-0.3, -0.25) is 0 Å². The minimum Gasteiger partial charge on any atom is -0.477 e. The SMILES string of the molecule is Cc1cccc2c1CCC2C(F)(F)C(=O)O. The standard InChI is InChI=1S/C12H12F2O2/c1-7-3-2-4-9-8(7)5-6-10(9)12(13,14)11(15)16/h2-4,10H,5-6H2,1H3,(H,15,16). The van der Waals surface area contributed by atoms with E-state index in [2.05, 4.69) is 0 Å². The van der Waals surface area contributed by atoms with Crippen LogP contribution in [0.3, 0.4) is 0 Å². The van der Waals surface area contributed by atoms with Gasteiger partial charge in [0.15, 0.2) is 0 Å². The number of aryl methyl sites for hydroxylation is 1. The molecule has 0 radical (unpaired) electrons. The molecule has 0 saturated heterocycles. The summed E-state index contributed by atoms with van der Waals surface area (Å²) in [5, 5.41) is 8.55. The van der Waals surface area contributed by atoms with Crippen LogP contribution in [0.4, 0.5) is 8.78 Å². The second-order valence-electron chi connectivity index (χ2n) is 4.16. The molecular weight excluding hydrogens is 214 g/mol. The number of fused-ring (bicyclic) bond motifs is 1. The Morgan fingerprint density at radius 3 is 2.81 bits per heavy atom. The highest BCUT2D eigenvalue weighted by Crippen LogP contribution is 2.44. The maximum Gasteiger partial charge on any atom is 0.375 e. The zero-order valence-electron chi connectivity index (χ0n) is 8.84. The molecule has 1 aliphatic rings. The summed E-state index contributed by atoms with van der Waals surface area (Å²) in [5.41, 5.74) is 2.34. The normalized spacial score (nSPS) is 19.6. The smallest absolute Gasteiger partial charge is 0.375 e. The van der Waals surface area contributed by atoms with Gasteiger partial charge in [0.05, 0.1) is 5.92 Å². The summed E-state index contributed by atoms with van der Waals surface area (Å²) in [6.07, 6.45) is 0.745. The molecule has 1 N–H and O–H groups in total. The summed E-state index contributed by atoms with van der Waals surface area (Å²) in [7, 11) is 0. The predicted molar refractivity (Wildman–Crippen MR) is 54.8 cm³/mol. The molecule has 2 nitrogen and oxygen atoms in total. The van der Waals surface area contributed by atoms with Gasteiger partial charge in [0.25, 0.3) is 0 Å². The highest BCUT2D eigenvalue weighted by atomic mass is 19.3. The van der Waals surface area contributed by atoms with E-state index in [-0.39, 0.29) is 6.42 Å². The summed E-state index contributed by atoms with van der Waals surface area (Å²) >= 11 is 0. The lowest BCUT2D eigenvalue weighted by Gasteiger charge is -2.19. The van der Waals surface area contributed by atoms with Crippen LogP contribution in [0, 0.1) is 6.92 Å². The number of halogens is 2. The van der Waals surface area contributed by atoms with E-state index in [4.69, 9.17) is 5.11 Å². The fourth-order valence-corrected chi connectivity index (χ4v) is 2.36. The van der Waals surface area contributed by atoms with Gasteiger partial charge < -0.3 is 5.11 Å². The molecule has 1 aliphatic carbocycles. The zero-order valence-corrected chi connectivity index (χ0v) is 8.84. The fraction of sp³-hybridized carbons (Fsp3) is 0.417. The maximum absolute atomic E-state index is 13.5. The number of carbonyl (C=O) groups is 1. The van der Waals surface area contributed by atoms with E-state index in [9.17, 15) is 13.6 Å². The van der Waals surface area contributed by atoms with Gasteiger partial charge in [0.1, 0.15) is 0 Å². The second-order valence-corrected chi connectivity index (χ2v) is 4.16. The Bertz CT molecular complexity index is 441. The van der Waals surface area contributed by atoms with Gasteiger partial charge in [-0.15, -0.1) is 0 Å². The van der Waals surface area contributed by atoms with Gasteiger partial charge in [-0.1, -0.05) is 18.2 Å². The van der Waals surface area contributed by atoms with E-state index < -0.39 is 17.8 Å². The average molecular weight is 226 g/mol. The molecule has 86 valence electrons. The van der Waals surface area contributed by atoms with Gasteiger partial charge in [-0.2, -0.15) is 8.78 Å². The Morgan fingerprint density at radius 2 is 2.19 bits per heavy atom. The van der Waals surface area contributed by atoms with E-state index in [0.717, 1.165) is 11.1 Å². The summed E-state index contributed by atoms with van der Waals surface area (Å²) in [6, 6.07) is 5.17. The number of hydrogen-bond acceptors (Lipinski definition) is 1. The predicted octanol–water partition coefficient (Wildman–Crippen LogP) is 2.74. The first-order valence-electron chi connectivity index (χ1n) is 5.14. The number of carboxylic acid groups (broad SMARTS) is 1. The van der Waals surface area contributed by atoms with Crippen LogP contribution in [0.25, 0.3) is 0 Å². The van der Waals surface area contributed by atoms with Crippen molar-refractivity contribution in [3.05, 3.63) is 34.9 Å². The largest absolute Gasteiger partial charge is 0.477 e. The van der Waals surface area contributed by atoms with Crippen LogP contribution in [0.15, 0.2) is 18.2 Å². The molecule has 16 heavy (non-hydrogen) atoms. The molecular formula is C12H12F2O2. The Morgan fingerprint density at radius 1 is 1.50 bits per heavy atom. The fourth-order valence-electron chi connectivity index (χ4n) is 2.36. The maximum atomic E-state index is 13.5. The third kappa shape index (κ3) is 1.49. The number of aliphatic carboxylic acids is 1. The summed E-state index contributed by atoms with van der Waals surface area (Å²) < 4.78 is 26.9. The molecule has 1 aromatic carbocycles. The van der Waals surface area contributed by atoms with Gasteiger partial charge in [-0.25, -0.2) is 4.79 Å². The third-order valence-electron chi connectivity index (χ3n) is 3.23. The molecule has 0 amide bonds. The first-order valence-corrected chi connectivity index (χ1v) is 5.14. The van der Waals surface area contributed by atoms with E-state index in [0.29, 0.717) is 12.0 Å². The molecule has 0 heterocycles. The molecule has 2 rings (SSSR count). The van der Waals surface area contributed by atoms with Gasteiger partial charge in [0, 0.05) is 0 Å². The van der Waals surface area contributed by atoms with Crippen LogP contribution < -0.4 is 0 Å². The highest BCUT2D eigenvalue weighted by molar-refractivity contribution is 5.77. The van der Waals surface area contributed by atoms with Crippen molar-refractivity contribution in [2.75, 3.05) is 0 Å². The molecule has 1 atom stereocenters. The van der Waals surface area contributed by atoms with Crippen LogP contribution >= 0.6 is 0 Å². The average Bonchev–Trinajstić information content (AvgIpc) is 2.63. The van der Waals surface area contributed by atoms with Crippen LogP contribution in [-0.4, -0.2) is 17.0 Å². The number of alkyl halides is 2. The van der Waals surface area contributed by atoms with Crippen molar-refractivity contribution in [1.29, 1.82) is 0 Å². The molecule has 0 aliphatic heterocycles. The monoisotopic (exact) mass is 226 g/mol. The first kappa shape index (κ1) is 11.0. The lowest BCUT2D eigenvalue weighted by atomic mass is 9.93. The molecule has 0 bridgehead atoms. The minimum atomic E-state index is -3.67. The van der Waals surface area contributed by atoms with Gasteiger partial charge >= 0.3 is 11.9 Å². The highest BCUT2D eigenvalue weighted by Gasteiger charge is 2.50. The second kappa shape index (κ2) is 3.54. The Hall–Kier alpha value is -1.45. The molecule has 0 spiro atoms. The van der Waals surface area contributed by atoms with Crippen molar-refractivity contribution in [2.24, 2.45) is 0 Å². The quantitative estimate of drug-likeness (QED) is 0.841. The van der Waals surface area contributed by atoms with Crippen LogP contribution in [0.5, 0.6) is 0 Å². The number of benzene rings is 1. The number of hydrogen-bond donors (Lipinski definition) is 1. The van der Waals surface area contributed by atoms with Crippen LogP contribution in [0.1, 0.15) is 29.0 Å². The number of rotatable bonds is 2. The van der Waals surface area contributed by atoms with E-state index in [1.165, 1.54) is 0 Å². The van der Waals surface area contributed by atoms with Crippen molar-refractivity contribution in [2.45, 2.75) is 31.6 Å². The topological polar surface area (TPSA) is 37.3 Å². The molecule has 4 heteroatoms. The first-order chi connectivity index (χ1) is 7.44. The van der Waals surface area contributed by atoms with Crippen molar-refractivity contribution in [3.8, 4) is 0 Å². The third-order valence-corrected chi connectivity index (χ3v) is 3.23. The van der Waals surface area contributed by atoms with E-state index in [1.54, 1.807) is 12.1 Å². The molecule has 1 unspecified atom stereocenters. The minimum absolute atomic E-state index is 0.208. The molecule has 1 aromatic rings. The van der Waals surface area contributed by atoms with Crippen molar-refractivity contribution >= 4 is 5.97 Å². The Kier molecular flexibility index (Phi) is 2.45.